The molecule has 1 aromatic heterocycles. The van der Waals surface area contributed by atoms with Crippen molar-refractivity contribution in [3.8, 4) is 0 Å². The smallest absolute Gasteiger partial charge is 0.251 e. The molecule has 1 fully saturated rings. The van der Waals surface area contributed by atoms with Crippen molar-refractivity contribution in [2.75, 3.05) is 11.4 Å². The van der Waals surface area contributed by atoms with Crippen LogP contribution in [0.3, 0.4) is 0 Å². The van der Waals surface area contributed by atoms with Gasteiger partial charge in [-0.05, 0) is 62.8 Å². The molecular formula is C26H35N3O3. The van der Waals surface area contributed by atoms with Crippen molar-refractivity contribution in [3.05, 3.63) is 64.6 Å². The van der Waals surface area contributed by atoms with Crippen LogP contribution in [-0.2, 0) is 9.59 Å². The fourth-order valence-corrected chi connectivity index (χ4v) is 4.54. The Hall–Kier alpha value is -2.89. The Bertz CT molecular complexity index is 998. The molecule has 0 bridgehead atoms. The topological polar surface area (TPSA) is 71.4 Å². The zero-order valence-corrected chi connectivity index (χ0v) is 19.6. The number of carbonyl (C=O) groups is 2. The van der Waals surface area contributed by atoms with Crippen LogP contribution in [0.25, 0.3) is 0 Å². The summed E-state index contributed by atoms with van der Waals surface area (Å²) in [4.78, 5) is 40.3. The summed E-state index contributed by atoms with van der Waals surface area (Å²) in [6.07, 6.45) is 4.74. The third-order valence-electron chi connectivity index (χ3n) is 6.15. The van der Waals surface area contributed by atoms with Gasteiger partial charge in [-0.3, -0.25) is 14.4 Å². The zero-order valence-electron chi connectivity index (χ0n) is 19.6. The van der Waals surface area contributed by atoms with E-state index >= 15 is 0 Å². The molecule has 1 saturated heterocycles. The molecule has 2 aromatic rings. The molecule has 0 aliphatic carbocycles. The van der Waals surface area contributed by atoms with Gasteiger partial charge in [-0.15, -0.1) is 0 Å². The Morgan fingerprint density at radius 1 is 1.16 bits per heavy atom. The summed E-state index contributed by atoms with van der Waals surface area (Å²) in [5, 5.41) is 3.09. The summed E-state index contributed by atoms with van der Waals surface area (Å²) in [5.74, 6) is -0.00480. The number of pyridine rings is 1. The first-order chi connectivity index (χ1) is 15.3. The van der Waals surface area contributed by atoms with Gasteiger partial charge in [0.15, 0.2) is 0 Å². The fourth-order valence-electron chi connectivity index (χ4n) is 4.54. The molecule has 1 N–H and O–H groups in total. The maximum absolute atomic E-state index is 13.4. The number of ketones is 1. The van der Waals surface area contributed by atoms with Crippen molar-refractivity contribution in [2.24, 2.45) is 5.92 Å². The Balaban J connectivity index is 1.89. The van der Waals surface area contributed by atoms with Crippen LogP contribution in [0.1, 0.15) is 71.0 Å². The average molecular weight is 438 g/mol. The molecule has 1 aromatic carbocycles. The largest absolute Gasteiger partial charge is 0.369 e. The Morgan fingerprint density at radius 3 is 2.56 bits per heavy atom. The van der Waals surface area contributed by atoms with Crippen LogP contribution in [0.4, 0.5) is 5.69 Å². The summed E-state index contributed by atoms with van der Waals surface area (Å²) in [6.45, 7) is 8.84. The van der Waals surface area contributed by atoms with Crippen molar-refractivity contribution in [2.45, 2.75) is 71.5 Å². The number of amides is 1. The summed E-state index contributed by atoms with van der Waals surface area (Å²) in [5.41, 5.74) is 1.82. The first-order valence-corrected chi connectivity index (χ1v) is 11.6. The summed E-state index contributed by atoms with van der Waals surface area (Å²) >= 11 is 0. The maximum Gasteiger partial charge on any atom is 0.251 e. The molecule has 1 aliphatic heterocycles. The number of aromatic nitrogens is 1. The minimum atomic E-state index is -0.625. The third kappa shape index (κ3) is 5.87. The van der Waals surface area contributed by atoms with Gasteiger partial charge in [-0.25, -0.2) is 0 Å². The van der Waals surface area contributed by atoms with Crippen LogP contribution >= 0.6 is 0 Å². The van der Waals surface area contributed by atoms with Crippen molar-refractivity contribution >= 4 is 17.4 Å². The summed E-state index contributed by atoms with van der Waals surface area (Å²) in [7, 11) is 0. The minimum absolute atomic E-state index is 0.00697. The van der Waals surface area contributed by atoms with Crippen molar-refractivity contribution < 1.29 is 9.59 Å². The molecule has 2 heterocycles. The van der Waals surface area contributed by atoms with Crippen molar-refractivity contribution in [1.82, 2.24) is 9.88 Å². The van der Waals surface area contributed by atoms with Gasteiger partial charge in [-0.2, -0.15) is 0 Å². The van der Waals surface area contributed by atoms with E-state index in [0.717, 1.165) is 17.8 Å². The molecule has 0 radical (unpaired) electrons. The first kappa shape index (κ1) is 23.8. The highest BCUT2D eigenvalue weighted by atomic mass is 16.2. The van der Waals surface area contributed by atoms with Gasteiger partial charge < -0.3 is 14.8 Å². The van der Waals surface area contributed by atoms with Crippen LogP contribution in [0, 0.1) is 5.92 Å². The minimum Gasteiger partial charge on any atom is -0.369 e. The van der Waals surface area contributed by atoms with Crippen LogP contribution in [0.2, 0.25) is 0 Å². The number of carbonyl (C=O) groups excluding carboxylic acids is 2. The van der Waals surface area contributed by atoms with E-state index in [-0.39, 0.29) is 29.6 Å². The van der Waals surface area contributed by atoms with Gasteiger partial charge in [0, 0.05) is 37.0 Å². The van der Waals surface area contributed by atoms with Gasteiger partial charge in [0.1, 0.15) is 11.8 Å². The van der Waals surface area contributed by atoms with Crippen molar-refractivity contribution in [1.29, 1.82) is 0 Å². The highest BCUT2D eigenvalue weighted by molar-refractivity contribution is 5.82. The van der Waals surface area contributed by atoms with Crippen LogP contribution < -0.4 is 15.8 Å². The van der Waals surface area contributed by atoms with E-state index in [1.807, 2.05) is 26.0 Å². The molecule has 6 nitrogen and oxygen atoms in total. The lowest BCUT2D eigenvalue weighted by molar-refractivity contribution is -0.126. The molecule has 1 amide bonds. The van der Waals surface area contributed by atoms with E-state index < -0.39 is 12.1 Å². The monoisotopic (exact) mass is 437 g/mol. The molecular weight excluding hydrogens is 402 g/mol. The fraction of sp³-hybridized carbons (Fsp3) is 0.500. The van der Waals surface area contributed by atoms with Crippen molar-refractivity contribution in [3.63, 3.8) is 0 Å². The number of nitrogens with zero attached hydrogens (tertiary/aromatic N) is 2. The first-order valence-electron chi connectivity index (χ1n) is 11.6. The lowest BCUT2D eigenvalue weighted by Gasteiger charge is -2.27. The number of Topliss-reactive ketones (excluding diaryl/α,β-unsaturated/α-hetero) is 1. The summed E-state index contributed by atoms with van der Waals surface area (Å²) < 4.78 is 1.49. The molecule has 32 heavy (non-hydrogen) atoms. The number of anilines is 1. The maximum atomic E-state index is 13.4. The Labute approximate surface area is 190 Å². The normalized spacial score (nSPS) is 17.9. The third-order valence-corrected chi connectivity index (χ3v) is 6.15. The van der Waals surface area contributed by atoms with Crippen LogP contribution in [0.5, 0.6) is 0 Å². The summed E-state index contributed by atoms with van der Waals surface area (Å²) in [6, 6.07) is 12.4. The van der Waals surface area contributed by atoms with Gasteiger partial charge in [0.2, 0.25) is 5.91 Å². The molecule has 3 atom stereocenters. The average Bonchev–Trinajstić information content (AvgIpc) is 3.17. The predicted molar refractivity (Wildman–Crippen MR) is 128 cm³/mol. The molecule has 1 aliphatic rings. The van der Waals surface area contributed by atoms with Gasteiger partial charge in [-0.1, -0.05) is 32.0 Å². The highest BCUT2D eigenvalue weighted by Crippen LogP contribution is 2.29. The molecule has 0 unspecified atom stereocenters. The lowest BCUT2D eigenvalue weighted by atomic mass is 9.98. The second-order valence-electron chi connectivity index (χ2n) is 9.34. The molecule has 6 heteroatoms. The lowest BCUT2D eigenvalue weighted by Crippen LogP contribution is -2.39. The number of rotatable bonds is 9. The Kier molecular flexibility index (Phi) is 7.89. The molecule has 172 valence electrons. The van der Waals surface area contributed by atoms with E-state index in [1.165, 1.54) is 23.5 Å². The molecule has 0 spiro atoms. The molecule has 3 rings (SSSR count). The highest BCUT2D eigenvalue weighted by Gasteiger charge is 2.27. The quantitative estimate of drug-likeness (QED) is 0.636. The van der Waals surface area contributed by atoms with E-state index in [0.29, 0.717) is 12.5 Å². The van der Waals surface area contributed by atoms with Gasteiger partial charge in [0.05, 0.1) is 6.04 Å². The van der Waals surface area contributed by atoms with E-state index in [9.17, 15) is 14.4 Å². The number of benzene rings is 1. The van der Waals surface area contributed by atoms with Crippen LogP contribution in [-0.4, -0.2) is 28.8 Å². The molecule has 0 saturated carbocycles. The SMILES string of the molecule is CC(=O)C[C@H](NC(=O)[C@@H](CC(C)C)n1ccccc1=O)c1cccc(N2CCC[C@@H]2C)c1. The van der Waals surface area contributed by atoms with Gasteiger partial charge >= 0.3 is 0 Å². The second-order valence-corrected chi connectivity index (χ2v) is 9.34. The van der Waals surface area contributed by atoms with Crippen LogP contribution in [0.15, 0.2) is 53.5 Å². The van der Waals surface area contributed by atoms with E-state index in [1.54, 1.807) is 25.3 Å². The zero-order chi connectivity index (χ0) is 23.3. The standard InChI is InChI=1S/C26H35N3O3/c1-18(2)15-24(29-13-6-5-12-25(29)31)26(32)27-23(16-20(4)30)21-10-7-11-22(17-21)28-14-8-9-19(28)3/h5-7,10-13,17-19,23-24H,8-9,14-16H2,1-4H3,(H,27,32)/t19-,23-,24+/m0/s1. The number of hydrogen-bond donors (Lipinski definition) is 1. The van der Waals surface area contributed by atoms with E-state index in [4.69, 9.17) is 0 Å². The van der Waals surface area contributed by atoms with E-state index in [2.05, 4.69) is 29.3 Å². The number of nitrogens with one attached hydrogen (secondary N) is 1. The predicted octanol–water partition coefficient (Wildman–Crippen LogP) is 4.26. The number of hydrogen-bond acceptors (Lipinski definition) is 4. The Morgan fingerprint density at radius 2 is 1.94 bits per heavy atom. The second kappa shape index (κ2) is 10.6. The van der Waals surface area contributed by atoms with Gasteiger partial charge in [0.25, 0.3) is 5.56 Å².